The van der Waals surface area contributed by atoms with Crippen LogP contribution in [-0.4, -0.2) is 17.0 Å². The van der Waals surface area contributed by atoms with Gasteiger partial charge in [0.25, 0.3) is 0 Å². The molecule has 1 aromatic heterocycles. The van der Waals surface area contributed by atoms with Gasteiger partial charge in [-0.1, -0.05) is 28.1 Å². The van der Waals surface area contributed by atoms with Gasteiger partial charge in [0, 0.05) is 23.8 Å². The number of hydrogen-bond donors (Lipinski definition) is 1. The van der Waals surface area contributed by atoms with Crippen LogP contribution in [0, 0.1) is 0 Å². The number of aromatic nitrogens is 2. The predicted octanol–water partition coefficient (Wildman–Crippen LogP) is 4.23. The van der Waals surface area contributed by atoms with Gasteiger partial charge >= 0.3 is 0 Å². The molecule has 3 aromatic rings. The lowest BCUT2D eigenvalue weighted by Crippen LogP contribution is -1.97. The zero-order chi connectivity index (χ0) is 13.9. The molecule has 100 valence electrons. The molecule has 0 bridgehead atoms. The highest BCUT2D eigenvalue weighted by Crippen LogP contribution is 2.26. The third kappa shape index (κ3) is 2.72. The van der Waals surface area contributed by atoms with Crippen molar-refractivity contribution in [3.63, 3.8) is 0 Å². The van der Waals surface area contributed by atoms with E-state index in [1.807, 2.05) is 30.3 Å². The minimum Gasteiger partial charge on any atom is -0.439 e. The van der Waals surface area contributed by atoms with Crippen LogP contribution in [0.25, 0.3) is 10.8 Å². The molecule has 0 radical (unpaired) electrons. The molecule has 0 amide bonds. The number of anilines is 1. The minimum absolute atomic E-state index is 0.515. The summed E-state index contributed by atoms with van der Waals surface area (Å²) < 4.78 is 6.82. The van der Waals surface area contributed by atoms with Gasteiger partial charge in [-0.05, 0) is 35.0 Å². The van der Waals surface area contributed by atoms with Crippen molar-refractivity contribution in [2.24, 2.45) is 0 Å². The van der Waals surface area contributed by atoms with Crippen LogP contribution < -0.4 is 10.1 Å². The van der Waals surface area contributed by atoms with Crippen LogP contribution in [0.3, 0.4) is 0 Å². The van der Waals surface area contributed by atoms with Crippen molar-refractivity contribution < 1.29 is 4.74 Å². The molecule has 5 heteroatoms. The molecular formula is C15H12BrN3O. The number of benzene rings is 2. The lowest BCUT2D eigenvalue weighted by molar-refractivity contribution is 0.463. The Balaban J connectivity index is 1.92. The first-order valence-corrected chi connectivity index (χ1v) is 6.92. The van der Waals surface area contributed by atoms with Gasteiger partial charge in [0.2, 0.25) is 11.8 Å². The summed E-state index contributed by atoms with van der Waals surface area (Å²) in [5.41, 5.74) is 0. The smallest absolute Gasteiger partial charge is 0.225 e. The Labute approximate surface area is 125 Å². The zero-order valence-corrected chi connectivity index (χ0v) is 12.4. The summed E-state index contributed by atoms with van der Waals surface area (Å²) in [6.07, 6.45) is 1.66. The van der Waals surface area contributed by atoms with Gasteiger partial charge in [-0.15, -0.1) is 0 Å². The molecule has 0 aliphatic heterocycles. The van der Waals surface area contributed by atoms with Gasteiger partial charge in [-0.2, -0.15) is 4.98 Å². The first kappa shape index (κ1) is 12.9. The number of hydrogen-bond acceptors (Lipinski definition) is 4. The highest BCUT2D eigenvalue weighted by Gasteiger charge is 2.02. The maximum atomic E-state index is 5.76. The minimum atomic E-state index is 0.515. The second-order valence-electron chi connectivity index (χ2n) is 4.22. The molecular weight excluding hydrogens is 318 g/mol. The summed E-state index contributed by atoms with van der Waals surface area (Å²) in [6, 6.07) is 13.8. The molecule has 0 aliphatic rings. The molecule has 0 unspecified atom stereocenters. The third-order valence-corrected chi connectivity index (χ3v) is 3.34. The fourth-order valence-corrected chi connectivity index (χ4v) is 2.28. The Morgan fingerprint density at radius 2 is 1.85 bits per heavy atom. The quantitative estimate of drug-likeness (QED) is 0.781. The molecule has 0 atom stereocenters. The SMILES string of the molecule is CNc1nccc(Oc2ccc3cc(Br)ccc3c2)n1. The van der Waals surface area contributed by atoms with Crippen molar-refractivity contribution in [2.75, 3.05) is 12.4 Å². The first-order valence-electron chi connectivity index (χ1n) is 6.12. The van der Waals surface area contributed by atoms with E-state index >= 15 is 0 Å². The molecule has 1 N–H and O–H groups in total. The molecule has 0 fully saturated rings. The maximum absolute atomic E-state index is 5.76. The fraction of sp³-hybridized carbons (Fsp3) is 0.0667. The van der Waals surface area contributed by atoms with Crippen LogP contribution in [-0.2, 0) is 0 Å². The summed E-state index contributed by atoms with van der Waals surface area (Å²) in [6.45, 7) is 0. The highest BCUT2D eigenvalue weighted by atomic mass is 79.9. The van der Waals surface area contributed by atoms with Crippen molar-refractivity contribution in [1.82, 2.24) is 9.97 Å². The van der Waals surface area contributed by atoms with Gasteiger partial charge in [0.1, 0.15) is 5.75 Å². The number of ether oxygens (including phenoxy) is 1. The molecule has 0 aliphatic carbocycles. The molecule has 0 spiro atoms. The Kier molecular flexibility index (Phi) is 3.52. The van der Waals surface area contributed by atoms with Crippen LogP contribution in [0.4, 0.5) is 5.95 Å². The number of rotatable bonds is 3. The number of nitrogens with zero attached hydrogens (tertiary/aromatic N) is 2. The van der Waals surface area contributed by atoms with E-state index in [4.69, 9.17) is 4.74 Å². The van der Waals surface area contributed by atoms with E-state index in [-0.39, 0.29) is 0 Å². The van der Waals surface area contributed by atoms with Crippen molar-refractivity contribution in [3.8, 4) is 11.6 Å². The molecule has 2 aromatic carbocycles. The Morgan fingerprint density at radius 3 is 2.70 bits per heavy atom. The summed E-state index contributed by atoms with van der Waals surface area (Å²) >= 11 is 3.47. The summed E-state index contributed by atoms with van der Waals surface area (Å²) in [5, 5.41) is 5.16. The molecule has 20 heavy (non-hydrogen) atoms. The van der Waals surface area contributed by atoms with Crippen molar-refractivity contribution in [3.05, 3.63) is 53.1 Å². The first-order chi connectivity index (χ1) is 9.74. The van der Waals surface area contributed by atoms with Gasteiger partial charge in [0.05, 0.1) is 0 Å². The molecule has 0 saturated carbocycles. The van der Waals surface area contributed by atoms with Gasteiger partial charge in [0.15, 0.2) is 0 Å². The highest BCUT2D eigenvalue weighted by molar-refractivity contribution is 9.10. The van der Waals surface area contributed by atoms with Crippen LogP contribution in [0.1, 0.15) is 0 Å². The number of nitrogens with one attached hydrogen (secondary N) is 1. The van der Waals surface area contributed by atoms with E-state index in [2.05, 4.69) is 37.3 Å². The largest absolute Gasteiger partial charge is 0.439 e. The van der Waals surface area contributed by atoms with Gasteiger partial charge in [-0.3, -0.25) is 0 Å². The standard InChI is InChI=1S/C15H12BrN3O/c1-17-15-18-7-6-14(19-15)20-13-5-3-10-8-12(16)4-2-11(10)9-13/h2-9H,1H3,(H,17,18,19). The van der Waals surface area contributed by atoms with E-state index in [1.165, 1.54) is 0 Å². The average Bonchev–Trinajstić information content (AvgIpc) is 2.47. The Hall–Kier alpha value is -2.14. The van der Waals surface area contributed by atoms with E-state index in [1.54, 1.807) is 19.3 Å². The van der Waals surface area contributed by atoms with E-state index in [0.29, 0.717) is 11.8 Å². The third-order valence-electron chi connectivity index (χ3n) is 2.85. The molecule has 4 nitrogen and oxygen atoms in total. The van der Waals surface area contributed by atoms with E-state index < -0.39 is 0 Å². The fourth-order valence-electron chi connectivity index (χ4n) is 1.90. The molecule has 0 saturated heterocycles. The van der Waals surface area contributed by atoms with Crippen LogP contribution in [0.2, 0.25) is 0 Å². The molecule has 3 rings (SSSR count). The maximum Gasteiger partial charge on any atom is 0.225 e. The lowest BCUT2D eigenvalue weighted by atomic mass is 10.1. The lowest BCUT2D eigenvalue weighted by Gasteiger charge is -2.07. The second kappa shape index (κ2) is 5.46. The molecule has 1 heterocycles. The van der Waals surface area contributed by atoms with E-state index in [9.17, 15) is 0 Å². The number of fused-ring (bicyclic) bond motifs is 1. The van der Waals surface area contributed by atoms with Crippen LogP contribution in [0.5, 0.6) is 11.6 Å². The summed E-state index contributed by atoms with van der Waals surface area (Å²) in [5.74, 6) is 1.80. The van der Waals surface area contributed by atoms with Gasteiger partial charge < -0.3 is 10.1 Å². The predicted molar refractivity (Wildman–Crippen MR) is 83.3 cm³/mol. The van der Waals surface area contributed by atoms with Crippen LogP contribution >= 0.6 is 15.9 Å². The Bertz CT molecular complexity index is 761. The van der Waals surface area contributed by atoms with Gasteiger partial charge in [-0.25, -0.2) is 4.98 Å². The summed E-state index contributed by atoms with van der Waals surface area (Å²) in [7, 11) is 1.77. The zero-order valence-electron chi connectivity index (χ0n) is 10.8. The van der Waals surface area contributed by atoms with E-state index in [0.717, 1.165) is 21.0 Å². The van der Waals surface area contributed by atoms with Crippen LogP contribution in [0.15, 0.2) is 53.1 Å². The summed E-state index contributed by atoms with van der Waals surface area (Å²) in [4.78, 5) is 8.28. The monoisotopic (exact) mass is 329 g/mol. The van der Waals surface area contributed by atoms with Crippen molar-refractivity contribution in [2.45, 2.75) is 0 Å². The van der Waals surface area contributed by atoms with Crippen molar-refractivity contribution in [1.29, 1.82) is 0 Å². The normalized spacial score (nSPS) is 10.5. The Morgan fingerprint density at radius 1 is 1.05 bits per heavy atom. The van der Waals surface area contributed by atoms with Crippen molar-refractivity contribution >= 4 is 32.7 Å². The second-order valence-corrected chi connectivity index (χ2v) is 5.14. The number of halogens is 1. The average molecular weight is 330 g/mol. The topological polar surface area (TPSA) is 47.0 Å².